The molecule has 4 heteroatoms. The summed E-state index contributed by atoms with van der Waals surface area (Å²) < 4.78 is 0. The molecule has 98 valence electrons. The SMILES string of the molecule is CC1(C)CNC(CC#N)CN1c1ccccc1C#N. The molecular weight excluding hydrogens is 236 g/mol. The van der Waals surface area contributed by atoms with Crippen molar-refractivity contribution >= 4 is 5.69 Å². The fraction of sp³-hybridized carbons (Fsp3) is 0.467. The van der Waals surface area contributed by atoms with E-state index in [1.54, 1.807) is 0 Å². The maximum atomic E-state index is 9.24. The Labute approximate surface area is 114 Å². The smallest absolute Gasteiger partial charge is 0.101 e. The molecule has 1 aliphatic rings. The first-order chi connectivity index (χ1) is 9.08. The first kappa shape index (κ1) is 13.4. The summed E-state index contributed by atoms with van der Waals surface area (Å²) >= 11 is 0. The molecule has 1 unspecified atom stereocenters. The van der Waals surface area contributed by atoms with Gasteiger partial charge in [-0.05, 0) is 26.0 Å². The van der Waals surface area contributed by atoms with Crippen molar-refractivity contribution < 1.29 is 0 Å². The second-order valence-corrected chi connectivity index (χ2v) is 5.49. The molecule has 0 aromatic heterocycles. The molecule has 19 heavy (non-hydrogen) atoms. The summed E-state index contributed by atoms with van der Waals surface area (Å²) in [6, 6.07) is 12.3. The first-order valence-corrected chi connectivity index (χ1v) is 6.45. The molecule has 0 radical (unpaired) electrons. The zero-order valence-electron chi connectivity index (χ0n) is 11.3. The molecule has 1 aromatic rings. The van der Waals surface area contributed by atoms with Gasteiger partial charge in [-0.2, -0.15) is 10.5 Å². The second kappa shape index (κ2) is 5.30. The average Bonchev–Trinajstić information content (AvgIpc) is 2.41. The van der Waals surface area contributed by atoms with E-state index >= 15 is 0 Å². The Bertz CT molecular complexity index is 536. The average molecular weight is 254 g/mol. The minimum absolute atomic E-state index is 0.0705. The van der Waals surface area contributed by atoms with Gasteiger partial charge >= 0.3 is 0 Å². The zero-order valence-corrected chi connectivity index (χ0v) is 11.3. The van der Waals surface area contributed by atoms with E-state index in [0.29, 0.717) is 12.0 Å². The third-order valence-corrected chi connectivity index (χ3v) is 3.61. The third-order valence-electron chi connectivity index (χ3n) is 3.61. The van der Waals surface area contributed by atoms with E-state index in [4.69, 9.17) is 5.26 Å². The molecule has 1 saturated heterocycles. The minimum Gasteiger partial charge on any atom is -0.362 e. The van der Waals surface area contributed by atoms with Crippen molar-refractivity contribution in [2.24, 2.45) is 0 Å². The molecule has 1 aromatic carbocycles. The Hall–Kier alpha value is -2.04. The lowest BCUT2D eigenvalue weighted by Gasteiger charge is -2.47. The monoisotopic (exact) mass is 254 g/mol. The van der Waals surface area contributed by atoms with E-state index in [2.05, 4.69) is 36.2 Å². The van der Waals surface area contributed by atoms with Crippen LogP contribution in [0.2, 0.25) is 0 Å². The van der Waals surface area contributed by atoms with Crippen molar-refractivity contribution in [3.63, 3.8) is 0 Å². The molecule has 1 aliphatic heterocycles. The van der Waals surface area contributed by atoms with Crippen LogP contribution in [0.1, 0.15) is 25.8 Å². The van der Waals surface area contributed by atoms with Crippen molar-refractivity contribution in [2.45, 2.75) is 31.8 Å². The number of rotatable bonds is 2. The zero-order chi connectivity index (χ0) is 13.9. The molecule has 0 aliphatic carbocycles. The quantitative estimate of drug-likeness (QED) is 0.877. The lowest BCUT2D eigenvalue weighted by molar-refractivity contribution is 0.325. The van der Waals surface area contributed by atoms with Gasteiger partial charge in [0, 0.05) is 24.7 Å². The maximum Gasteiger partial charge on any atom is 0.101 e. The highest BCUT2D eigenvalue weighted by molar-refractivity contribution is 5.61. The van der Waals surface area contributed by atoms with Gasteiger partial charge in [0.2, 0.25) is 0 Å². The standard InChI is InChI=1S/C15H18N4/c1-15(2)11-18-13(7-8-16)10-19(15)14-6-4-3-5-12(14)9-17/h3-6,13,18H,7,10-11H2,1-2H3. The molecule has 4 nitrogen and oxygen atoms in total. The number of hydrogen-bond donors (Lipinski definition) is 1. The van der Waals surface area contributed by atoms with Crippen LogP contribution in [0, 0.1) is 22.7 Å². The van der Waals surface area contributed by atoms with Gasteiger partial charge < -0.3 is 10.2 Å². The highest BCUT2D eigenvalue weighted by Crippen LogP contribution is 2.29. The number of anilines is 1. The molecule has 1 fully saturated rings. The normalized spacial score (nSPS) is 21.5. The molecule has 1 atom stereocenters. The molecule has 0 saturated carbocycles. The molecule has 0 bridgehead atoms. The van der Waals surface area contributed by atoms with Crippen LogP contribution < -0.4 is 10.2 Å². The van der Waals surface area contributed by atoms with Gasteiger partial charge in [-0.3, -0.25) is 0 Å². The molecule has 0 spiro atoms. The summed E-state index contributed by atoms with van der Waals surface area (Å²) in [6.45, 7) is 5.85. The number of nitrogens with one attached hydrogen (secondary N) is 1. The van der Waals surface area contributed by atoms with E-state index < -0.39 is 0 Å². The van der Waals surface area contributed by atoms with Crippen LogP contribution >= 0.6 is 0 Å². The van der Waals surface area contributed by atoms with Crippen LogP contribution in [0.15, 0.2) is 24.3 Å². The van der Waals surface area contributed by atoms with Gasteiger partial charge in [-0.1, -0.05) is 12.1 Å². The number of benzene rings is 1. The minimum atomic E-state index is -0.0705. The van der Waals surface area contributed by atoms with Crippen LogP contribution in [0.5, 0.6) is 0 Å². The Kier molecular flexibility index (Phi) is 3.74. The number of hydrogen-bond acceptors (Lipinski definition) is 4. The Morgan fingerprint density at radius 2 is 2.11 bits per heavy atom. The topological polar surface area (TPSA) is 62.9 Å². The molecule has 1 N–H and O–H groups in total. The highest BCUT2D eigenvalue weighted by Gasteiger charge is 2.34. The fourth-order valence-corrected chi connectivity index (χ4v) is 2.50. The van der Waals surface area contributed by atoms with Crippen molar-refractivity contribution in [3.05, 3.63) is 29.8 Å². The highest BCUT2D eigenvalue weighted by atomic mass is 15.3. The van der Waals surface area contributed by atoms with E-state index in [0.717, 1.165) is 18.8 Å². The fourth-order valence-electron chi connectivity index (χ4n) is 2.50. The van der Waals surface area contributed by atoms with E-state index in [1.165, 1.54) is 0 Å². The van der Waals surface area contributed by atoms with Crippen LogP contribution in [0.3, 0.4) is 0 Å². The first-order valence-electron chi connectivity index (χ1n) is 6.45. The van der Waals surface area contributed by atoms with Gasteiger partial charge in [0.1, 0.15) is 6.07 Å². The summed E-state index contributed by atoms with van der Waals surface area (Å²) in [5.41, 5.74) is 1.58. The number of nitrogens with zero attached hydrogens (tertiary/aromatic N) is 3. The van der Waals surface area contributed by atoms with E-state index in [1.807, 2.05) is 24.3 Å². The molecule has 0 amide bonds. The maximum absolute atomic E-state index is 9.24. The Morgan fingerprint density at radius 3 is 2.79 bits per heavy atom. The lowest BCUT2D eigenvalue weighted by atomic mass is 9.94. The van der Waals surface area contributed by atoms with Gasteiger partial charge in [0.15, 0.2) is 0 Å². The molecule has 2 rings (SSSR count). The van der Waals surface area contributed by atoms with Crippen LogP contribution in [0.25, 0.3) is 0 Å². The van der Waals surface area contributed by atoms with Crippen molar-refractivity contribution in [3.8, 4) is 12.1 Å². The van der Waals surface area contributed by atoms with Crippen LogP contribution in [0.4, 0.5) is 5.69 Å². The largest absolute Gasteiger partial charge is 0.362 e. The van der Waals surface area contributed by atoms with Crippen LogP contribution in [-0.2, 0) is 0 Å². The number of piperazine rings is 1. The Morgan fingerprint density at radius 1 is 1.37 bits per heavy atom. The molecule has 1 heterocycles. The number of nitriles is 2. The van der Waals surface area contributed by atoms with Gasteiger partial charge in [-0.25, -0.2) is 0 Å². The molecular formula is C15H18N4. The Balaban J connectivity index is 2.34. The predicted octanol–water partition coefficient (Wildman–Crippen LogP) is 2.03. The van der Waals surface area contributed by atoms with Crippen molar-refractivity contribution in [1.29, 1.82) is 10.5 Å². The van der Waals surface area contributed by atoms with E-state index in [-0.39, 0.29) is 11.6 Å². The summed E-state index contributed by atoms with van der Waals surface area (Å²) in [7, 11) is 0. The van der Waals surface area contributed by atoms with Crippen LogP contribution in [-0.4, -0.2) is 24.7 Å². The van der Waals surface area contributed by atoms with Crippen molar-refractivity contribution in [1.82, 2.24) is 5.32 Å². The van der Waals surface area contributed by atoms with Crippen molar-refractivity contribution in [2.75, 3.05) is 18.0 Å². The lowest BCUT2D eigenvalue weighted by Crippen LogP contribution is -2.62. The van der Waals surface area contributed by atoms with Gasteiger partial charge in [0.25, 0.3) is 0 Å². The van der Waals surface area contributed by atoms with E-state index in [9.17, 15) is 5.26 Å². The summed E-state index contributed by atoms with van der Waals surface area (Å²) in [5, 5.41) is 21.5. The summed E-state index contributed by atoms with van der Waals surface area (Å²) in [6.07, 6.45) is 0.487. The van der Waals surface area contributed by atoms with Gasteiger partial charge in [0.05, 0.1) is 23.7 Å². The summed E-state index contributed by atoms with van der Waals surface area (Å²) in [5.74, 6) is 0. The second-order valence-electron chi connectivity index (χ2n) is 5.49. The van der Waals surface area contributed by atoms with Gasteiger partial charge in [-0.15, -0.1) is 0 Å². The summed E-state index contributed by atoms with van der Waals surface area (Å²) in [4.78, 5) is 2.24. The third kappa shape index (κ3) is 2.70. The number of para-hydroxylation sites is 1. The predicted molar refractivity (Wildman–Crippen MR) is 74.6 cm³/mol.